The second kappa shape index (κ2) is 8.88. The van der Waals surface area contributed by atoms with Crippen LogP contribution in [0.4, 0.5) is 21.0 Å². The standard InChI is InChI=1S/C27H20N2O4/c30-26(32-20-11-3-1-4-12-20)28-19-29(27(31)33-21-13-5-2-6-14-21)25-18-10-8-16-23(25)22-15-7-9-17-24(22)28/h1-18H,19H2. The Labute approximate surface area is 191 Å². The molecular weight excluding hydrogens is 416 g/mol. The molecule has 0 bridgehead atoms. The number of rotatable bonds is 2. The van der Waals surface area contributed by atoms with Gasteiger partial charge in [0.05, 0.1) is 11.4 Å². The average Bonchev–Trinajstić information content (AvgIpc) is 3.00. The number of amides is 2. The van der Waals surface area contributed by atoms with Crippen LogP contribution in [0.25, 0.3) is 11.1 Å². The van der Waals surface area contributed by atoms with Gasteiger partial charge in [0, 0.05) is 11.1 Å². The second-order valence-corrected chi connectivity index (χ2v) is 7.39. The number of benzene rings is 4. The summed E-state index contributed by atoms with van der Waals surface area (Å²) >= 11 is 0. The van der Waals surface area contributed by atoms with Gasteiger partial charge >= 0.3 is 12.2 Å². The molecule has 0 saturated carbocycles. The summed E-state index contributed by atoms with van der Waals surface area (Å²) in [5.41, 5.74) is 2.91. The molecule has 162 valence electrons. The van der Waals surface area contributed by atoms with E-state index in [1.165, 1.54) is 9.80 Å². The van der Waals surface area contributed by atoms with Crippen LogP contribution in [0.5, 0.6) is 11.5 Å². The maximum atomic E-state index is 13.3. The lowest BCUT2D eigenvalue weighted by Crippen LogP contribution is -2.46. The van der Waals surface area contributed by atoms with Crippen LogP contribution in [-0.2, 0) is 0 Å². The van der Waals surface area contributed by atoms with Gasteiger partial charge in [0.15, 0.2) is 0 Å². The molecule has 2 amide bonds. The molecule has 5 rings (SSSR count). The van der Waals surface area contributed by atoms with E-state index in [0.29, 0.717) is 22.9 Å². The van der Waals surface area contributed by atoms with Crippen LogP contribution in [0.1, 0.15) is 0 Å². The summed E-state index contributed by atoms with van der Waals surface area (Å²) in [6, 6.07) is 32.7. The quantitative estimate of drug-likeness (QED) is 0.368. The van der Waals surface area contributed by atoms with Gasteiger partial charge in [-0.05, 0) is 36.4 Å². The molecule has 0 radical (unpaired) electrons. The molecule has 1 heterocycles. The molecule has 0 N–H and O–H groups in total. The number of hydrogen-bond donors (Lipinski definition) is 0. The molecule has 0 aliphatic carbocycles. The third-order valence-electron chi connectivity index (χ3n) is 5.30. The first kappa shape index (κ1) is 20.3. The first-order chi connectivity index (χ1) is 16.2. The number of carbonyl (C=O) groups is 2. The van der Waals surface area contributed by atoms with Gasteiger partial charge in [0.2, 0.25) is 0 Å². The molecule has 6 heteroatoms. The Morgan fingerprint density at radius 2 is 0.879 bits per heavy atom. The molecular formula is C27H20N2O4. The van der Waals surface area contributed by atoms with Gasteiger partial charge in [-0.15, -0.1) is 0 Å². The topological polar surface area (TPSA) is 59.1 Å². The van der Waals surface area contributed by atoms with Gasteiger partial charge in [-0.3, -0.25) is 9.80 Å². The Morgan fingerprint density at radius 3 is 1.30 bits per heavy atom. The maximum absolute atomic E-state index is 13.3. The van der Waals surface area contributed by atoms with Crippen LogP contribution in [0, 0.1) is 0 Å². The largest absolute Gasteiger partial charge is 0.421 e. The Kier molecular flexibility index (Phi) is 5.47. The summed E-state index contributed by atoms with van der Waals surface area (Å²) in [5, 5.41) is 0. The first-order valence-electron chi connectivity index (χ1n) is 10.5. The van der Waals surface area contributed by atoms with E-state index in [-0.39, 0.29) is 6.67 Å². The SMILES string of the molecule is O=C(Oc1ccccc1)N1CN(C(=O)Oc2ccccc2)c2ccccc2-c2ccccc21. The van der Waals surface area contributed by atoms with Gasteiger partial charge in [-0.2, -0.15) is 0 Å². The number of hydrogen-bond acceptors (Lipinski definition) is 4. The lowest BCUT2D eigenvalue weighted by molar-refractivity contribution is 0.203. The van der Waals surface area contributed by atoms with Crippen molar-refractivity contribution in [2.75, 3.05) is 16.5 Å². The van der Waals surface area contributed by atoms with Crippen molar-refractivity contribution in [3.63, 3.8) is 0 Å². The van der Waals surface area contributed by atoms with Crippen LogP contribution in [0.2, 0.25) is 0 Å². The smallest absolute Gasteiger partial charge is 0.410 e. The van der Waals surface area contributed by atoms with E-state index in [9.17, 15) is 9.59 Å². The van der Waals surface area contributed by atoms with Crippen molar-refractivity contribution in [2.45, 2.75) is 0 Å². The molecule has 1 aliphatic rings. The minimum atomic E-state index is -0.598. The number of fused-ring (bicyclic) bond motifs is 3. The minimum absolute atomic E-state index is 0.0780. The average molecular weight is 436 g/mol. The number of carbonyl (C=O) groups excluding carboxylic acids is 2. The predicted octanol–water partition coefficient (Wildman–Crippen LogP) is 6.34. The van der Waals surface area contributed by atoms with E-state index < -0.39 is 12.2 Å². The molecule has 0 fully saturated rings. The summed E-state index contributed by atoms with van der Waals surface area (Å²) < 4.78 is 11.2. The van der Waals surface area contributed by atoms with E-state index in [1.807, 2.05) is 60.7 Å². The molecule has 6 nitrogen and oxygen atoms in total. The highest BCUT2D eigenvalue weighted by Crippen LogP contribution is 2.41. The molecule has 33 heavy (non-hydrogen) atoms. The third kappa shape index (κ3) is 4.14. The Balaban J connectivity index is 1.56. The van der Waals surface area contributed by atoms with Gasteiger partial charge in [-0.25, -0.2) is 9.59 Å². The van der Waals surface area contributed by atoms with Gasteiger partial charge in [0.25, 0.3) is 0 Å². The zero-order valence-corrected chi connectivity index (χ0v) is 17.6. The fourth-order valence-corrected chi connectivity index (χ4v) is 3.77. The van der Waals surface area contributed by atoms with Crippen LogP contribution in [-0.4, -0.2) is 18.9 Å². The third-order valence-corrected chi connectivity index (χ3v) is 5.30. The van der Waals surface area contributed by atoms with E-state index in [1.54, 1.807) is 48.5 Å². The maximum Gasteiger partial charge on any atom is 0.421 e. The highest BCUT2D eigenvalue weighted by atomic mass is 16.6. The van der Waals surface area contributed by atoms with E-state index in [0.717, 1.165) is 11.1 Å². The van der Waals surface area contributed by atoms with Crippen molar-refractivity contribution in [2.24, 2.45) is 0 Å². The lowest BCUT2D eigenvalue weighted by Gasteiger charge is -2.27. The van der Waals surface area contributed by atoms with Gasteiger partial charge in [0.1, 0.15) is 18.2 Å². The van der Waals surface area contributed by atoms with Crippen molar-refractivity contribution in [3.8, 4) is 22.6 Å². The molecule has 4 aromatic rings. The van der Waals surface area contributed by atoms with Crippen molar-refractivity contribution in [1.29, 1.82) is 0 Å². The molecule has 0 saturated heterocycles. The van der Waals surface area contributed by atoms with Crippen molar-refractivity contribution in [1.82, 2.24) is 0 Å². The van der Waals surface area contributed by atoms with Crippen LogP contribution in [0.3, 0.4) is 0 Å². The molecule has 4 aromatic carbocycles. The number of nitrogens with zero attached hydrogens (tertiary/aromatic N) is 2. The van der Waals surface area contributed by atoms with Gasteiger partial charge in [-0.1, -0.05) is 72.8 Å². The molecule has 0 atom stereocenters. The minimum Gasteiger partial charge on any atom is -0.410 e. The zero-order chi connectivity index (χ0) is 22.6. The summed E-state index contributed by atoms with van der Waals surface area (Å²) in [6.07, 6.45) is -1.20. The molecule has 1 aliphatic heterocycles. The van der Waals surface area contributed by atoms with Crippen LogP contribution in [0.15, 0.2) is 109 Å². The fourth-order valence-electron chi connectivity index (χ4n) is 3.77. The summed E-state index contributed by atoms with van der Waals surface area (Å²) in [7, 11) is 0. The number of ether oxygens (including phenoxy) is 2. The number of para-hydroxylation sites is 4. The molecule has 0 unspecified atom stereocenters. The summed E-state index contributed by atoms with van der Waals surface area (Å²) in [4.78, 5) is 29.4. The van der Waals surface area contributed by atoms with E-state index in [2.05, 4.69) is 0 Å². The summed E-state index contributed by atoms with van der Waals surface area (Å²) in [5.74, 6) is 0.834. The Morgan fingerprint density at radius 1 is 0.515 bits per heavy atom. The highest BCUT2D eigenvalue weighted by Gasteiger charge is 2.33. The number of anilines is 2. The van der Waals surface area contributed by atoms with Crippen LogP contribution >= 0.6 is 0 Å². The zero-order valence-electron chi connectivity index (χ0n) is 17.6. The van der Waals surface area contributed by atoms with E-state index >= 15 is 0 Å². The normalized spacial score (nSPS) is 12.2. The molecule has 0 aromatic heterocycles. The van der Waals surface area contributed by atoms with Gasteiger partial charge < -0.3 is 9.47 Å². The van der Waals surface area contributed by atoms with E-state index in [4.69, 9.17) is 9.47 Å². The van der Waals surface area contributed by atoms with Crippen molar-refractivity contribution >= 4 is 23.6 Å². The monoisotopic (exact) mass is 436 g/mol. The second-order valence-electron chi connectivity index (χ2n) is 7.39. The fraction of sp³-hybridized carbons (Fsp3) is 0.0370. The Bertz CT molecular complexity index is 1190. The van der Waals surface area contributed by atoms with Crippen LogP contribution < -0.4 is 19.3 Å². The Hall–Kier alpha value is -4.58. The van der Waals surface area contributed by atoms with Crippen molar-refractivity contribution in [3.05, 3.63) is 109 Å². The highest BCUT2D eigenvalue weighted by molar-refractivity contribution is 6.04. The van der Waals surface area contributed by atoms with Crippen molar-refractivity contribution < 1.29 is 19.1 Å². The lowest BCUT2D eigenvalue weighted by atomic mass is 10.0. The molecule has 0 spiro atoms. The summed E-state index contributed by atoms with van der Waals surface area (Å²) in [6.45, 7) is -0.0780. The first-order valence-corrected chi connectivity index (χ1v) is 10.5. The predicted molar refractivity (Wildman–Crippen MR) is 127 cm³/mol.